The molecule has 1 fully saturated rings. The van der Waals surface area contributed by atoms with Crippen molar-refractivity contribution < 1.29 is 4.79 Å². The van der Waals surface area contributed by atoms with Gasteiger partial charge < -0.3 is 15.5 Å². The third kappa shape index (κ3) is 4.39. The first-order chi connectivity index (χ1) is 7.77. The maximum atomic E-state index is 11.8. The highest BCUT2D eigenvalue weighted by Gasteiger charge is 2.22. The number of unbranched alkanes of at least 4 members (excludes halogenated alkanes) is 1. The Kier molecular flexibility index (Phi) is 6.23. The molecule has 1 unspecified atom stereocenters. The lowest BCUT2D eigenvalue weighted by atomic mass is 10.1. The molecule has 16 heavy (non-hydrogen) atoms. The largest absolute Gasteiger partial charge is 0.338 e. The molecule has 1 aliphatic rings. The van der Waals surface area contributed by atoms with Gasteiger partial charge in [-0.25, -0.2) is 4.79 Å². The predicted molar refractivity (Wildman–Crippen MR) is 66.6 cm³/mol. The Morgan fingerprint density at radius 1 is 1.44 bits per heavy atom. The normalized spacial score (nSPS) is 20.9. The fourth-order valence-electron chi connectivity index (χ4n) is 2.10. The molecular formula is C12H25N3O. The van der Waals surface area contributed by atoms with Crippen molar-refractivity contribution in [3.05, 3.63) is 0 Å². The standard InChI is InChI=1S/C12H25N3O/c1-3-5-8-14-12(16)15-9-6-7-11(10-15)13-4-2/h11,13H,3-10H2,1-2H3,(H,14,16). The smallest absolute Gasteiger partial charge is 0.317 e. The summed E-state index contributed by atoms with van der Waals surface area (Å²) in [7, 11) is 0. The Balaban J connectivity index is 2.26. The molecule has 1 rings (SSSR count). The molecule has 4 nitrogen and oxygen atoms in total. The minimum atomic E-state index is 0.107. The number of hydrogen-bond acceptors (Lipinski definition) is 2. The van der Waals surface area contributed by atoms with Gasteiger partial charge in [-0.1, -0.05) is 20.3 Å². The maximum Gasteiger partial charge on any atom is 0.317 e. The summed E-state index contributed by atoms with van der Waals surface area (Å²) in [4.78, 5) is 13.7. The van der Waals surface area contributed by atoms with Gasteiger partial charge in [0.05, 0.1) is 0 Å². The van der Waals surface area contributed by atoms with Gasteiger partial charge in [0, 0.05) is 25.7 Å². The molecule has 1 aliphatic heterocycles. The van der Waals surface area contributed by atoms with Crippen molar-refractivity contribution in [2.75, 3.05) is 26.2 Å². The van der Waals surface area contributed by atoms with Crippen LogP contribution in [0.3, 0.4) is 0 Å². The molecule has 1 saturated heterocycles. The summed E-state index contributed by atoms with van der Waals surface area (Å²) in [6.45, 7) is 7.79. The van der Waals surface area contributed by atoms with E-state index in [1.165, 1.54) is 6.42 Å². The molecule has 0 bridgehead atoms. The van der Waals surface area contributed by atoms with Gasteiger partial charge in [0.25, 0.3) is 0 Å². The van der Waals surface area contributed by atoms with Crippen molar-refractivity contribution in [3.63, 3.8) is 0 Å². The Bertz CT molecular complexity index is 206. The van der Waals surface area contributed by atoms with E-state index in [0.29, 0.717) is 6.04 Å². The Morgan fingerprint density at radius 3 is 2.94 bits per heavy atom. The maximum absolute atomic E-state index is 11.8. The number of rotatable bonds is 5. The van der Waals surface area contributed by atoms with Gasteiger partial charge in [0.1, 0.15) is 0 Å². The second-order valence-electron chi connectivity index (χ2n) is 4.43. The number of carbonyl (C=O) groups is 1. The number of hydrogen-bond donors (Lipinski definition) is 2. The van der Waals surface area contributed by atoms with Crippen molar-refractivity contribution in [2.45, 2.75) is 45.6 Å². The van der Waals surface area contributed by atoms with Gasteiger partial charge in [0.15, 0.2) is 0 Å². The van der Waals surface area contributed by atoms with Gasteiger partial charge in [-0.15, -0.1) is 0 Å². The number of nitrogens with zero attached hydrogens (tertiary/aromatic N) is 1. The summed E-state index contributed by atoms with van der Waals surface area (Å²) in [6, 6.07) is 0.590. The van der Waals surface area contributed by atoms with Crippen LogP contribution in [-0.2, 0) is 0 Å². The van der Waals surface area contributed by atoms with Crippen LogP contribution in [0, 0.1) is 0 Å². The SMILES string of the molecule is CCCCNC(=O)N1CCCC(NCC)C1. The van der Waals surface area contributed by atoms with Crippen LogP contribution < -0.4 is 10.6 Å². The highest BCUT2D eigenvalue weighted by Crippen LogP contribution is 2.09. The third-order valence-corrected chi connectivity index (χ3v) is 3.01. The van der Waals surface area contributed by atoms with Crippen molar-refractivity contribution in [2.24, 2.45) is 0 Å². The summed E-state index contributed by atoms with van der Waals surface area (Å²) >= 11 is 0. The first kappa shape index (κ1) is 13.3. The highest BCUT2D eigenvalue weighted by molar-refractivity contribution is 5.74. The van der Waals surface area contributed by atoms with E-state index in [-0.39, 0.29) is 6.03 Å². The van der Waals surface area contributed by atoms with E-state index in [4.69, 9.17) is 0 Å². The summed E-state index contributed by atoms with van der Waals surface area (Å²) in [6.07, 6.45) is 4.49. The molecule has 0 spiro atoms. The van der Waals surface area contributed by atoms with E-state index < -0.39 is 0 Å². The molecule has 4 heteroatoms. The molecule has 0 radical (unpaired) electrons. The second kappa shape index (κ2) is 7.49. The molecule has 2 amide bonds. The quantitative estimate of drug-likeness (QED) is 0.700. The molecule has 0 aromatic heterocycles. The molecule has 0 aliphatic carbocycles. The van der Waals surface area contributed by atoms with Crippen molar-refractivity contribution >= 4 is 6.03 Å². The van der Waals surface area contributed by atoms with E-state index in [9.17, 15) is 4.79 Å². The zero-order chi connectivity index (χ0) is 11.8. The Hall–Kier alpha value is -0.770. The number of piperidine rings is 1. The number of urea groups is 1. The molecule has 2 N–H and O–H groups in total. The average Bonchev–Trinajstić information content (AvgIpc) is 2.30. The first-order valence-electron chi connectivity index (χ1n) is 6.54. The highest BCUT2D eigenvalue weighted by atomic mass is 16.2. The minimum Gasteiger partial charge on any atom is -0.338 e. The average molecular weight is 227 g/mol. The van der Waals surface area contributed by atoms with Crippen LogP contribution in [0.25, 0.3) is 0 Å². The minimum absolute atomic E-state index is 0.107. The van der Waals surface area contributed by atoms with E-state index in [1.807, 2.05) is 4.90 Å². The van der Waals surface area contributed by atoms with Crippen LogP contribution in [0.5, 0.6) is 0 Å². The van der Waals surface area contributed by atoms with Crippen LogP contribution in [0.15, 0.2) is 0 Å². The zero-order valence-electron chi connectivity index (χ0n) is 10.6. The summed E-state index contributed by atoms with van der Waals surface area (Å²) in [5, 5.41) is 6.39. The van der Waals surface area contributed by atoms with Crippen molar-refractivity contribution in [1.82, 2.24) is 15.5 Å². The van der Waals surface area contributed by atoms with Crippen LogP contribution in [0.2, 0.25) is 0 Å². The van der Waals surface area contributed by atoms with Gasteiger partial charge in [-0.3, -0.25) is 0 Å². The fraction of sp³-hybridized carbons (Fsp3) is 0.917. The molecule has 94 valence electrons. The summed E-state index contributed by atoms with van der Waals surface area (Å²) in [5.74, 6) is 0. The van der Waals surface area contributed by atoms with Crippen LogP contribution in [0.4, 0.5) is 4.79 Å². The molecule has 0 aromatic rings. The van der Waals surface area contributed by atoms with Crippen LogP contribution >= 0.6 is 0 Å². The van der Waals surface area contributed by atoms with Crippen molar-refractivity contribution in [1.29, 1.82) is 0 Å². The summed E-state index contributed by atoms with van der Waals surface area (Å²) < 4.78 is 0. The van der Waals surface area contributed by atoms with E-state index >= 15 is 0 Å². The monoisotopic (exact) mass is 227 g/mol. The van der Waals surface area contributed by atoms with E-state index in [1.54, 1.807) is 0 Å². The zero-order valence-corrected chi connectivity index (χ0v) is 10.6. The number of likely N-dealkylation sites (tertiary alicyclic amines) is 1. The number of likely N-dealkylation sites (N-methyl/N-ethyl adjacent to an activating group) is 1. The van der Waals surface area contributed by atoms with Gasteiger partial charge in [0.2, 0.25) is 0 Å². The van der Waals surface area contributed by atoms with Crippen LogP contribution in [0.1, 0.15) is 39.5 Å². The Labute approximate surface area is 98.8 Å². The van der Waals surface area contributed by atoms with Crippen LogP contribution in [-0.4, -0.2) is 43.2 Å². The first-order valence-corrected chi connectivity index (χ1v) is 6.54. The summed E-state index contributed by atoms with van der Waals surface area (Å²) in [5.41, 5.74) is 0. The third-order valence-electron chi connectivity index (χ3n) is 3.01. The van der Waals surface area contributed by atoms with E-state index in [0.717, 1.165) is 45.4 Å². The lowest BCUT2D eigenvalue weighted by Crippen LogP contribution is -2.51. The predicted octanol–water partition coefficient (Wildman–Crippen LogP) is 1.57. The molecule has 0 saturated carbocycles. The lowest BCUT2D eigenvalue weighted by molar-refractivity contribution is 0.173. The lowest BCUT2D eigenvalue weighted by Gasteiger charge is -2.33. The fourth-order valence-corrected chi connectivity index (χ4v) is 2.10. The number of amides is 2. The number of nitrogens with one attached hydrogen (secondary N) is 2. The van der Waals surface area contributed by atoms with Gasteiger partial charge in [-0.2, -0.15) is 0 Å². The Morgan fingerprint density at radius 2 is 2.25 bits per heavy atom. The number of carbonyl (C=O) groups excluding carboxylic acids is 1. The van der Waals surface area contributed by atoms with Gasteiger partial charge >= 0.3 is 6.03 Å². The topological polar surface area (TPSA) is 44.4 Å². The second-order valence-corrected chi connectivity index (χ2v) is 4.43. The van der Waals surface area contributed by atoms with Gasteiger partial charge in [-0.05, 0) is 25.8 Å². The molecule has 0 aromatic carbocycles. The van der Waals surface area contributed by atoms with Crippen molar-refractivity contribution in [3.8, 4) is 0 Å². The molecule has 1 atom stereocenters. The molecule has 1 heterocycles. The molecular weight excluding hydrogens is 202 g/mol. The van der Waals surface area contributed by atoms with E-state index in [2.05, 4.69) is 24.5 Å².